The molecule has 6 heteroatoms. The van der Waals surface area contributed by atoms with Gasteiger partial charge < -0.3 is 9.88 Å². The second-order valence-corrected chi connectivity index (χ2v) is 6.62. The Bertz CT molecular complexity index is 1010. The molecule has 0 radical (unpaired) electrons. The van der Waals surface area contributed by atoms with Gasteiger partial charge in [0.25, 0.3) is 11.5 Å². The lowest BCUT2D eigenvalue weighted by molar-refractivity contribution is 0.0937. The molecule has 2 aromatic carbocycles. The van der Waals surface area contributed by atoms with Gasteiger partial charge in [-0.25, -0.2) is 8.78 Å². The topological polar surface area (TPSA) is 51.1 Å². The van der Waals surface area contributed by atoms with Crippen molar-refractivity contribution in [2.75, 3.05) is 0 Å². The predicted molar refractivity (Wildman–Crippen MR) is 103 cm³/mol. The van der Waals surface area contributed by atoms with E-state index in [0.717, 1.165) is 5.56 Å². The summed E-state index contributed by atoms with van der Waals surface area (Å²) in [6, 6.07) is 15.6. The van der Waals surface area contributed by atoms with E-state index in [4.69, 9.17) is 0 Å². The highest BCUT2D eigenvalue weighted by Gasteiger charge is 2.17. The van der Waals surface area contributed by atoms with Crippen molar-refractivity contribution < 1.29 is 13.6 Å². The molecule has 1 unspecified atom stereocenters. The second-order valence-electron chi connectivity index (χ2n) is 6.62. The predicted octanol–water partition coefficient (Wildman–Crippen LogP) is 3.54. The lowest BCUT2D eigenvalue weighted by Gasteiger charge is -2.15. The van der Waals surface area contributed by atoms with Crippen molar-refractivity contribution in [1.29, 1.82) is 0 Å². The van der Waals surface area contributed by atoms with Crippen LogP contribution in [-0.2, 0) is 13.0 Å². The zero-order chi connectivity index (χ0) is 20.1. The summed E-state index contributed by atoms with van der Waals surface area (Å²) in [5.74, 6) is -1.89. The van der Waals surface area contributed by atoms with E-state index in [9.17, 15) is 18.4 Å². The summed E-state index contributed by atoms with van der Waals surface area (Å²) in [4.78, 5) is 25.2. The molecular weight excluding hydrogens is 362 g/mol. The van der Waals surface area contributed by atoms with Crippen LogP contribution in [0.4, 0.5) is 8.78 Å². The molecule has 0 aliphatic rings. The highest BCUT2D eigenvalue weighted by Crippen LogP contribution is 2.14. The van der Waals surface area contributed by atoms with E-state index in [2.05, 4.69) is 5.32 Å². The molecule has 144 valence electrons. The lowest BCUT2D eigenvalue weighted by atomic mass is 10.1. The van der Waals surface area contributed by atoms with Crippen molar-refractivity contribution in [2.45, 2.75) is 25.9 Å². The van der Waals surface area contributed by atoms with Gasteiger partial charge in [-0.3, -0.25) is 9.59 Å². The van der Waals surface area contributed by atoms with E-state index in [1.54, 1.807) is 19.2 Å². The first-order valence-corrected chi connectivity index (χ1v) is 8.93. The van der Waals surface area contributed by atoms with Crippen molar-refractivity contribution in [3.05, 3.63) is 106 Å². The third-order valence-corrected chi connectivity index (χ3v) is 4.41. The summed E-state index contributed by atoms with van der Waals surface area (Å²) in [5.41, 5.74) is 0.405. The fourth-order valence-corrected chi connectivity index (χ4v) is 3.00. The number of pyridine rings is 1. The van der Waals surface area contributed by atoms with Gasteiger partial charge in [0.1, 0.15) is 17.2 Å². The molecule has 0 aliphatic heterocycles. The Morgan fingerprint density at radius 2 is 1.68 bits per heavy atom. The van der Waals surface area contributed by atoms with E-state index in [1.165, 1.54) is 28.8 Å². The van der Waals surface area contributed by atoms with Gasteiger partial charge in [0, 0.05) is 17.8 Å². The van der Waals surface area contributed by atoms with Crippen molar-refractivity contribution in [1.82, 2.24) is 9.88 Å². The molecule has 3 rings (SSSR count). The minimum absolute atomic E-state index is 0.0145. The third kappa shape index (κ3) is 4.52. The maximum atomic E-state index is 13.8. The monoisotopic (exact) mass is 382 g/mol. The van der Waals surface area contributed by atoms with Gasteiger partial charge in [-0.15, -0.1) is 0 Å². The van der Waals surface area contributed by atoms with E-state index in [0.29, 0.717) is 6.54 Å². The number of carbonyl (C=O) groups excluding carboxylic acids is 1. The minimum atomic E-state index is -0.661. The maximum absolute atomic E-state index is 13.8. The first-order valence-electron chi connectivity index (χ1n) is 8.93. The van der Waals surface area contributed by atoms with E-state index >= 15 is 0 Å². The Labute approximate surface area is 161 Å². The fourth-order valence-electron chi connectivity index (χ4n) is 3.00. The van der Waals surface area contributed by atoms with Gasteiger partial charge in [0.2, 0.25) is 0 Å². The van der Waals surface area contributed by atoms with Crippen LogP contribution in [0.25, 0.3) is 0 Å². The quantitative estimate of drug-likeness (QED) is 0.709. The number of hydrogen-bond donors (Lipinski definition) is 1. The summed E-state index contributed by atoms with van der Waals surface area (Å²) < 4.78 is 29.0. The molecule has 0 aliphatic carbocycles. The van der Waals surface area contributed by atoms with Gasteiger partial charge in [-0.2, -0.15) is 0 Å². The number of amides is 1. The molecular formula is C22H20F2N2O2. The Hall–Kier alpha value is -3.28. The van der Waals surface area contributed by atoms with Crippen LogP contribution in [-0.4, -0.2) is 16.5 Å². The normalized spacial score (nSPS) is 11.8. The van der Waals surface area contributed by atoms with Crippen molar-refractivity contribution >= 4 is 5.91 Å². The number of nitrogens with zero attached hydrogens (tertiary/aromatic N) is 1. The van der Waals surface area contributed by atoms with Crippen molar-refractivity contribution in [3.8, 4) is 0 Å². The number of hydrogen-bond acceptors (Lipinski definition) is 2. The first-order chi connectivity index (χ1) is 13.5. The number of carbonyl (C=O) groups is 1. The molecule has 0 fully saturated rings. The van der Waals surface area contributed by atoms with E-state index in [1.807, 2.05) is 30.3 Å². The molecule has 1 heterocycles. The Morgan fingerprint density at radius 1 is 1.00 bits per heavy atom. The molecule has 1 aromatic heterocycles. The van der Waals surface area contributed by atoms with Crippen molar-refractivity contribution in [3.63, 3.8) is 0 Å². The molecule has 1 atom stereocenters. The number of halogens is 2. The van der Waals surface area contributed by atoms with Gasteiger partial charge in [0.05, 0.1) is 6.54 Å². The zero-order valence-electron chi connectivity index (χ0n) is 15.4. The average molecular weight is 382 g/mol. The Morgan fingerprint density at radius 3 is 2.36 bits per heavy atom. The van der Waals surface area contributed by atoms with Crippen LogP contribution in [0.2, 0.25) is 0 Å². The molecule has 28 heavy (non-hydrogen) atoms. The van der Waals surface area contributed by atoms with Crippen LogP contribution in [0.15, 0.2) is 71.7 Å². The van der Waals surface area contributed by atoms with E-state index in [-0.39, 0.29) is 17.5 Å². The molecule has 0 spiro atoms. The molecule has 4 nitrogen and oxygen atoms in total. The summed E-state index contributed by atoms with van der Waals surface area (Å²) in [5, 5.41) is 2.65. The molecule has 1 amide bonds. The Balaban J connectivity index is 1.74. The summed E-state index contributed by atoms with van der Waals surface area (Å²) in [6.45, 7) is 1.98. The number of aromatic nitrogens is 1. The minimum Gasteiger partial charge on any atom is -0.349 e. The molecule has 0 saturated heterocycles. The van der Waals surface area contributed by atoms with Gasteiger partial charge >= 0.3 is 0 Å². The van der Waals surface area contributed by atoms with Gasteiger partial charge in [-0.1, -0.05) is 36.4 Å². The van der Waals surface area contributed by atoms with E-state index < -0.39 is 29.1 Å². The van der Waals surface area contributed by atoms with Gasteiger partial charge in [0.15, 0.2) is 0 Å². The lowest BCUT2D eigenvalue weighted by Crippen LogP contribution is -2.38. The number of benzene rings is 2. The SMILES string of the molecule is CC(Cc1c(F)cccc1F)NC(=O)c1cccn(Cc2ccccc2)c1=O. The highest BCUT2D eigenvalue weighted by molar-refractivity contribution is 5.94. The molecule has 0 saturated carbocycles. The van der Waals surface area contributed by atoms with Crippen LogP contribution in [0, 0.1) is 11.6 Å². The number of nitrogens with one attached hydrogen (secondary N) is 1. The van der Waals surface area contributed by atoms with Gasteiger partial charge in [-0.05, 0) is 43.2 Å². The average Bonchev–Trinajstić information content (AvgIpc) is 2.67. The standard InChI is InChI=1S/C22H20F2N2O2/c1-15(13-18-19(23)10-5-11-20(18)24)25-21(27)17-9-6-12-26(22(17)28)14-16-7-3-2-4-8-16/h2-12,15H,13-14H2,1H3,(H,25,27). The van der Waals surface area contributed by atoms with Crippen LogP contribution in [0.1, 0.15) is 28.4 Å². The fraction of sp³-hybridized carbons (Fsp3) is 0.182. The summed E-state index contributed by atoms with van der Waals surface area (Å²) >= 11 is 0. The van der Waals surface area contributed by atoms with Crippen LogP contribution < -0.4 is 10.9 Å². The summed E-state index contributed by atoms with van der Waals surface area (Å²) in [7, 11) is 0. The zero-order valence-corrected chi connectivity index (χ0v) is 15.4. The van der Waals surface area contributed by atoms with Crippen LogP contribution in [0.5, 0.6) is 0 Å². The molecule has 0 bridgehead atoms. The largest absolute Gasteiger partial charge is 0.349 e. The van der Waals surface area contributed by atoms with Crippen LogP contribution >= 0.6 is 0 Å². The van der Waals surface area contributed by atoms with Crippen molar-refractivity contribution in [2.24, 2.45) is 0 Å². The second kappa shape index (κ2) is 8.61. The first kappa shape index (κ1) is 19.5. The Kier molecular flexibility index (Phi) is 5.99. The smallest absolute Gasteiger partial charge is 0.263 e. The maximum Gasteiger partial charge on any atom is 0.263 e. The molecule has 3 aromatic rings. The highest BCUT2D eigenvalue weighted by atomic mass is 19.1. The number of rotatable bonds is 6. The van der Waals surface area contributed by atoms with Crippen LogP contribution in [0.3, 0.4) is 0 Å². The summed E-state index contributed by atoms with van der Waals surface area (Å²) in [6.07, 6.45) is 1.60. The molecule has 1 N–H and O–H groups in total. The third-order valence-electron chi connectivity index (χ3n) is 4.41.